The highest BCUT2D eigenvalue weighted by Crippen LogP contribution is 2.23. The van der Waals surface area contributed by atoms with Gasteiger partial charge < -0.3 is 10.2 Å². The molecular weight excluding hydrogens is 546 g/mol. The second-order valence-electron chi connectivity index (χ2n) is 12.2. The Bertz CT molecular complexity index is 1460. The molecule has 226 valence electrons. The lowest BCUT2D eigenvalue weighted by atomic mass is 9.99. The van der Waals surface area contributed by atoms with Gasteiger partial charge in [0.05, 0.1) is 11.9 Å². The summed E-state index contributed by atoms with van der Waals surface area (Å²) in [5, 5.41) is 3.08. The van der Waals surface area contributed by atoms with Crippen LogP contribution >= 0.6 is 0 Å². The lowest BCUT2D eigenvalue weighted by Crippen LogP contribution is -2.54. The third kappa shape index (κ3) is 9.72. The molecule has 8 heteroatoms. The van der Waals surface area contributed by atoms with E-state index in [0.29, 0.717) is 18.5 Å². The van der Waals surface area contributed by atoms with Crippen LogP contribution in [0.5, 0.6) is 0 Å². The third-order valence-electron chi connectivity index (χ3n) is 7.02. The Morgan fingerprint density at radius 3 is 2.05 bits per heavy atom. The lowest BCUT2D eigenvalue weighted by Gasteiger charge is -2.34. The van der Waals surface area contributed by atoms with Gasteiger partial charge in [-0.15, -0.1) is 0 Å². The van der Waals surface area contributed by atoms with Crippen molar-refractivity contribution in [2.24, 2.45) is 0 Å². The molecule has 0 radical (unpaired) electrons. The molecule has 3 rings (SSSR count). The number of nitrogens with one attached hydrogen (secondary N) is 1. The van der Waals surface area contributed by atoms with Crippen LogP contribution in [0.1, 0.15) is 61.4 Å². The Hall–Kier alpha value is -3.65. The van der Waals surface area contributed by atoms with E-state index in [9.17, 15) is 18.0 Å². The SMILES string of the molecule is Cc1cc(C)cc(N(CCCC(=O)N(Cc2ccccc2C)[C@H](Cc2ccccc2)C(=O)NC(C)(C)C)S(C)(=O)=O)c1. The van der Waals surface area contributed by atoms with Gasteiger partial charge in [-0.1, -0.05) is 60.7 Å². The summed E-state index contributed by atoms with van der Waals surface area (Å²) in [5.74, 6) is -0.418. The molecule has 0 fully saturated rings. The fourth-order valence-corrected chi connectivity index (χ4v) is 6.03. The molecule has 0 saturated carbocycles. The van der Waals surface area contributed by atoms with E-state index in [0.717, 1.165) is 27.8 Å². The molecule has 0 unspecified atom stereocenters. The minimum absolute atomic E-state index is 0.0940. The van der Waals surface area contributed by atoms with Crippen molar-refractivity contribution in [2.45, 2.75) is 78.9 Å². The summed E-state index contributed by atoms with van der Waals surface area (Å²) in [5.41, 5.74) is 4.98. The highest BCUT2D eigenvalue weighted by atomic mass is 32.2. The first-order chi connectivity index (χ1) is 19.6. The topological polar surface area (TPSA) is 86.8 Å². The molecule has 0 aliphatic rings. The van der Waals surface area contributed by atoms with Gasteiger partial charge in [0.25, 0.3) is 0 Å². The van der Waals surface area contributed by atoms with E-state index < -0.39 is 21.6 Å². The monoisotopic (exact) mass is 591 g/mol. The van der Waals surface area contributed by atoms with Crippen molar-refractivity contribution in [1.29, 1.82) is 0 Å². The molecule has 0 aromatic heterocycles. The molecule has 3 aromatic rings. The second kappa shape index (κ2) is 14.0. The fraction of sp³-hybridized carbons (Fsp3) is 0.412. The highest BCUT2D eigenvalue weighted by molar-refractivity contribution is 7.92. The molecule has 0 saturated heterocycles. The largest absolute Gasteiger partial charge is 0.350 e. The number of carbonyl (C=O) groups is 2. The number of carbonyl (C=O) groups excluding carboxylic acids is 2. The molecule has 0 heterocycles. The molecule has 1 N–H and O–H groups in total. The zero-order valence-corrected chi connectivity index (χ0v) is 26.8. The number of hydrogen-bond acceptors (Lipinski definition) is 4. The van der Waals surface area contributed by atoms with Crippen LogP contribution in [-0.2, 0) is 32.6 Å². The lowest BCUT2D eigenvalue weighted by molar-refractivity contribution is -0.142. The minimum Gasteiger partial charge on any atom is -0.350 e. The molecule has 7 nitrogen and oxygen atoms in total. The van der Waals surface area contributed by atoms with Crippen LogP contribution in [0, 0.1) is 20.8 Å². The van der Waals surface area contributed by atoms with Crippen molar-refractivity contribution in [1.82, 2.24) is 10.2 Å². The van der Waals surface area contributed by atoms with Gasteiger partial charge in [-0.2, -0.15) is 0 Å². The highest BCUT2D eigenvalue weighted by Gasteiger charge is 2.32. The van der Waals surface area contributed by atoms with E-state index in [-0.39, 0.29) is 31.3 Å². The summed E-state index contributed by atoms with van der Waals surface area (Å²) in [6.45, 7) is 12.0. The second-order valence-corrected chi connectivity index (χ2v) is 14.1. The van der Waals surface area contributed by atoms with Crippen LogP contribution in [-0.4, -0.2) is 49.5 Å². The van der Waals surface area contributed by atoms with Crippen molar-refractivity contribution in [3.8, 4) is 0 Å². The van der Waals surface area contributed by atoms with Gasteiger partial charge in [0, 0.05) is 31.5 Å². The predicted octanol–water partition coefficient (Wildman–Crippen LogP) is 5.71. The molecule has 42 heavy (non-hydrogen) atoms. The standard InChI is InChI=1S/C34H45N3O4S/c1-25-20-26(2)22-30(21-25)37(42(7,40)41)19-13-18-32(38)36(24-29-17-12-11-14-27(29)3)31(33(39)35-34(4,5)6)23-28-15-9-8-10-16-28/h8-12,14-17,20-22,31H,13,18-19,23-24H2,1-7H3,(H,35,39)/t31-/m1/s1. The Kier molecular flexibility index (Phi) is 11.0. The normalized spacial score (nSPS) is 12.5. The first-order valence-electron chi connectivity index (χ1n) is 14.4. The summed E-state index contributed by atoms with van der Waals surface area (Å²) in [7, 11) is -3.57. The average Bonchev–Trinajstić information content (AvgIpc) is 2.87. The molecule has 3 aromatic carbocycles. The van der Waals surface area contributed by atoms with Gasteiger partial charge in [0.1, 0.15) is 6.04 Å². The van der Waals surface area contributed by atoms with Gasteiger partial charge in [-0.3, -0.25) is 13.9 Å². The van der Waals surface area contributed by atoms with E-state index in [1.165, 1.54) is 10.6 Å². The summed E-state index contributed by atoms with van der Waals surface area (Å²) in [6, 6.07) is 22.5. The van der Waals surface area contributed by atoms with Crippen LogP contribution in [0.15, 0.2) is 72.8 Å². The van der Waals surface area contributed by atoms with E-state index in [4.69, 9.17) is 0 Å². The number of nitrogens with zero attached hydrogens (tertiary/aromatic N) is 2. The summed E-state index contributed by atoms with van der Waals surface area (Å²) in [6.07, 6.45) is 1.95. The number of aryl methyl sites for hydroxylation is 3. The van der Waals surface area contributed by atoms with E-state index in [2.05, 4.69) is 5.32 Å². The molecule has 1 atom stereocenters. The first-order valence-corrected chi connectivity index (χ1v) is 16.2. The van der Waals surface area contributed by atoms with E-state index in [1.807, 2.05) is 114 Å². The zero-order chi connectivity index (χ0) is 31.1. The quantitative estimate of drug-likeness (QED) is 0.292. The Balaban J connectivity index is 1.92. The maximum Gasteiger partial charge on any atom is 0.243 e. The van der Waals surface area contributed by atoms with Gasteiger partial charge in [0.15, 0.2) is 0 Å². The number of anilines is 1. The van der Waals surface area contributed by atoms with Crippen molar-refractivity contribution in [2.75, 3.05) is 17.1 Å². The van der Waals surface area contributed by atoms with Crippen molar-refractivity contribution >= 4 is 27.5 Å². The maximum absolute atomic E-state index is 14.0. The van der Waals surface area contributed by atoms with Gasteiger partial charge in [-0.25, -0.2) is 8.42 Å². The van der Waals surface area contributed by atoms with Gasteiger partial charge >= 0.3 is 0 Å². The van der Waals surface area contributed by atoms with Crippen LogP contribution in [0.3, 0.4) is 0 Å². The fourth-order valence-electron chi connectivity index (χ4n) is 5.08. The maximum atomic E-state index is 14.0. The number of amides is 2. The molecule has 0 bridgehead atoms. The van der Waals surface area contributed by atoms with Crippen molar-refractivity contribution < 1.29 is 18.0 Å². The summed E-state index contributed by atoms with van der Waals surface area (Å²) < 4.78 is 26.9. The number of sulfonamides is 1. The first kappa shape index (κ1) is 32.9. The number of hydrogen-bond donors (Lipinski definition) is 1. The molecule has 0 spiro atoms. The van der Waals surface area contributed by atoms with Crippen molar-refractivity contribution in [3.05, 3.63) is 101 Å². The molecule has 0 aliphatic carbocycles. The van der Waals surface area contributed by atoms with Crippen LogP contribution < -0.4 is 9.62 Å². The average molecular weight is 592 g/mol. The number of benzene rings is 3. The van der Waals surface area contributed by atoms with E-state index >= 15 is 0 Å². The molecule has 2 amide bonds. The smallest absolute Gasteiger partial charge is 0.243 e. The Labute approximate surface area is 252 Å². The van der Waals surface area contributed by atoms with Crippen molar-refractivity contribution in [3.63, 3.8) is 0 Å². The molecular formula is C34H45N3O4S. The van der Waals surface area contributed by atoms with Crippen LogP contribution in [0.4, 0.5) is 5.69 Å². The van der Waals surface area contributed by atoms with Crippen LogP contribution in [0.2, 0.25) is 0 Å². The third-order valence-corrected chi connectivity index (χ3v) is 8.21. The Morgan fingerprint density at radius 1 is 0.881 bits per heavy atom. The van der Waals surface area contributed by atoms with Crippen LogP contribution in [0.25, 0.3) is 0 Å². The van der Waals surface area contributed by atoms with Gasteiger partial charge in [0.2, 0.25) is 21.8 Å². The number of rotatable bonds is 12. The summed E-state index contributed by atoms with van der Waals surface area (Å²) in [4.78, 5) is 29.4. The minimum atomic E-state index is -3.57. The predicted molar refractivity (Wildman–Crippen MR) is 171 cm³/mol. The van der Waals surface area contributed by atoms with Gasteiger partial charge in [-0.05, 0) is 87.9 Å². The van der Waals surface area contributed by atoms with E-state index in [1.54, 1.807) is 4.90 Å². The molecule has 0 aliphatic heterocycles. The Morgan fingerprint density at radius 2 is 1.48 bits per heavy atom. The zero-order valence-electron chi connectivity index (χ0n) is 26.0. The summed E-state index contributed by atoms with van der Waals surface area (Å²) >= 11 is 0.